The van der Waals surface area contributed by atoms with E-state index in [1.165, 1.54) is 14.0 Å². The molecular formula is C17H21N3O4. The van der Waals surface area contributed by atoms with Crippen LogP contribution in [0, 0.1) is 0 Å². The Labute approximate surface area is 140 Å². The second kappa shape index (κ2) is 7.63. The average molecular weight is 331 g/mol. The predicted molar refractivity (Wildman–Crippen MR) is 89.1 cm³/mol. The molecule has 1 amide bonds. The zero-order valence-electron chi connectivity index (χ0n) is 14.1. The van der Waals surface area contributed by atoms with Gasteiger partial charge in [0.15, 0.2) is 6.10 Å². The van der Waals surface area contributed by atoms with Gasteiger partial charge in [-0.05, 0) is 32.9 Å². The minimum Gasteiger partial charge on any atom is -0.496 e. The molecule has 0 aliphatic heterocycles. The molecule has 2 aromatic rings. The zero-order chi connectivity index (χ0) is 17.7. The van der Waals surface area contributed by atoms with Crippen LogP contribution in [0.15, 0.2) is 36.5 Å². The van der Waals surface area contributed by atoms with Crippen LogP contribution < -0.4 is 10.1 Å². The molecule has 128 valence electrons. The number of ether oxygens (including phenoxy) is 2. The molecular weight excluding hydrogens is 310 g/mol. The van der Waals surface area contributed by atoms with Gasteiger partial charge in [0.1, 0.15) is 17.1 Å². The van der Waals surface area contributed by atoms with Gasteiger partial charge in [0.05, 0.1) is 13.3 Å². The van der Waals surface area contributed by atoms with Gasteiger partial charge in [-0.2, -0.15) is 5.10 Å². The molecule has 0 aliphatic carbocycles. The number of para-hydroxylation sites is 1. The number of methoxy groups -OCH3 is 1. The number of aromatic nitrogens is 2. The van der Waals surface area contributed by atoms with Crippen molar-refractivity contribution < 1.29 is 19.1 Å². The van der Waals surface area contributed by atoms with Crippen LogP contribution in [-0.4, -0.2) is 34.9 Å². The van der Waals surface area contributed by atoms with Crippen molar-refractivity contribution >= 4 is 17.7 Å². The monoisotopic (exact) mass is 331 g/mol. The third kappa shape index (κ3) is 3.92. The van der Waals surface area contributed by atoms with E-state index in [9.17, 15) is 9.59 Å². The van der Waals surface area contributed by atoms with Gasteiger partial charge in [0, 0.05) is 12.1 Å². The smallest absolute Gasteiger partial charge is 0.342 e. The standard InChI is InChI=1S/C17H21N3O4/c1-11(2)20-15(9-10-18-20)19-16(21)12(3)24-17(22)13-7-5-6-8-14(13)23-4/h5-12H,1-4H3,(H,19,21)/t12-/m1/s1. The molecule has 1 atom stereocenters. The highest BCUT2D eigenvalue weighted by atomic mass is 16.5. The molecule has 0 saturated heterocycles. The maximum absolute atomic E-state index is 12.2. The molecule has 1 aromatic carbocycles. The van der Waals surface area contributed by atoms with Crippen molar-refractivity contribution in [1.29, 1.82) is 0 Å². The van der Waals surface area contributed by atoms with Crippen LogP contribution >= 0.6 is 0 Å². The molecule has 1 N–H and O–H groups in total. The lowest BCUT2D eigenvalue weighted by molar-refractivity contribution is -0.123. The van der Waals surface area contributed by atoms with Gasteiger partial charge in [-0.1, -0.05) is 12.1 Å². The number of carbonyl (C=O) groups excluding carboxylic acids is 2. The third-order valence-corrected chi connectivity index (χ3v) is 3.39. The highest BCUT2D eigenvalue weighted by Gasteiger charge is 2.22. The van der Waals surface area contributed by atoms with Crippen molar-refractivity contribution in [2.24, 2.45) is 0 Å². The number of amides is 1. The lowest BCUT2D eigenvalue weighted by Gasteiger charge is -2.16. The fourth-order valence-electron chi connectivity index (χ4n) is 2.14. The van der Waals surface area contributed by atoms with E-state index in [0.29, 0.717) is 11.6 Å². The number of hydrogen-bond acceptors (Lipinski definition) is 5. The number of hydrogen-bond donors (Lipinski definition) is 1. The number of rotatable bonds is 6. The molecule has 0 aliphatic rings. The fraction of sp³-hybridized carbons (Fsp3) is 0.353. The van der Waals surface area contributed by atoms with Crippen LogP contribution in [0.25, 0.3) is 0 Å². The van der Waals surface area contributed by atoms with Gasteiger partial charge < -0.3 is 14.8 Å². The van der Waals surface area contributed by atoms with Crippen LogP contribution in [0.5, 0.6) is 5.75 Å². The summed E-state index contributed by atoms with van der Waals surface area (Å²) in [6.45, 7) is 5.42. The Balaban J connectivity index is 2.03. The van der Waals surface area contributed by atoms with Gasteiger partial charge in [-0.3, -0.25) is 4.79 Å². The molecule has 0 unspecified atom stereocenters. The van der Waals surface area contributed by atoms with Crippen LogP contribution in [0.2, 0.25) is 0 Å². The summed E-state index contributed by atoms with van der Waals surface area (Å²) in [4.78, 5) is 24.5. The molecule has 0 saturated carbocycles. The van der Waals surface area contributed by atoms with Crippen molar-refractivity contribution in [3.05, 3.63) is 42.1 Å². The van der Waals surface area contributed by atoms with E-state index in [0.717, 1.165) is 0 Å². The van der Waals surface area contributed by atoms with Crippen molar-refractivity contribution in [3.63, 3.8) is 0 Å². The summed E-state index contributed by atoms with van der Waals surface area (Å²) in [5.74, 6) is -0.101. The fourth-order valence-corrected chi connectivity index (χ4v) is 2.14. The molecule has 7 nitrogen and oxygen atoms in total. The van der Waals surface area contributed by atoms with E-state index < -0.39 is 18.0 Å². The molecule has 24 heavy (non-hydrogen) atoms. The summed E-state index contributed by atoms with van der Waals surface area (Å²) in [7, 11) is 1.47. The summed E-state index contributed by atoms with van der Waals surface area (Å²) in [6.07, 6.45) is 0.638. The summed E-state index contributed by atoms with van der Waals surface area (Å²) >= 11 is 0. The number of nitrogens with one attached hydrogen (secondary N) is 1. The second-order valence-electron chi connectivity index (χ2n) is 5.49. The van der Waals surface area contributed by atoms with Gasteiger partial charge in [0.25, 0.3) is 5.91 Å². The van der Waals surface area contributed by atoms with E-state index in [4.69, 9.17) is 9.47 Å². The number of benzene rings is 1. The van der Waals surface area contributed by atoms with E-state index >= 15 is 0 Å². The molecule has 0 radical (unpaired) electrons. The minimum absolute atomic E-state index is 0.0988. The summed E-state index contributed by atoms with van der Waals surface area (Å²) < 4.78 is 12.0. The van der Waals surface area contributed by atoms with Crippen LogP contribution in [0.4, 0.5) is 5.82 Å². The van der Waals surface area contributed by atoms with E-state index in [1.807, 2.05) is 13.8 Å². The summed E-state index contributed by atoms with van der Waals surface area (Å²) in [5, 5.41) is 6.85. The van der Waals surface area contributed by atoms with E-state index in [-0.39, 0.29) is 11.6 Å². The Morgan fingerprint density at radius 3 is 2.54 bits per heavy atom. The maximum atomic E-state index is 12.2. The minimum atomic E-state index is -0.960. The lowest BCUT2D eigenvalue weighted by Crippen LogP contribution is -2.31. The van der Waals surface area contributed by atoms with Crippen LogP contribution in [0.1, 0.15) is 37.2 Å². The topological polar surface area (TPSA) is 82.4 Å². The first-order chi connectivity index (χ1) is 11.4. The van der Waals surface area contributed by atoms with E-state index in [2.05, 4.69) is 10.4 Å². The first kappa shape index (κ1) is 17.5. The average Bonchev–Trinajstić information content (AvgIpc) is 3.02. The molecule has 0 spiro atoms. The van der Waals surface area contributed by atoms with Crippen molar-refractivity contribution in [2.45, 2.75) is 32.9 Å². The van der Waals surface area contributed by atoms with Crippen molar-refractivity contribution in [1.82, 2.24) is 9.78 Å². The SMILES string of the molecule is COc1ccccc1C(=O)O[C@H](C)C(=O)Nc1ccnn1C(C)C. The molecule has 7 heteroatoms. The lowest BCUT2D eigenvalue weighted by atomic mass is 10.2. The Hall–Kier alpha value is -2.83. The number of carbonyl (C=O) groups is 2. The first-order valence-electron chi connectivity index (χ1n) is 7.62. The molecule has 2 rings (SSSR count). The van der Waals surface area contributed by atoms with Crippen LogP contribution in [0.3, 0.4) is 0 Å². The molecule has 1 aromatic heterocycles. The van der Waals surface area contributed by atoms with Crippen LogP contribution in [-0.2, 0) is 9.53 Å². The van der Waals surface area contributed by atoms with Gasteiger partial charge in [-0.15, -0.1) is 0 Å². The number of anilines is 1. The highest BCUT2D eigenvalue weighted by molar-refractivity contribution is 5.98. The zero-order valence-corrected chi connectivity index (χ0v) is 14.1. The molecule has 0 fully saturated rings. The third-order valence-electron chi connectivity index (χ3n) is 3.39. The summed E-state index contributed by atoms with van der Waals surface area (Å²) in [6, 6.07) is 8.47. The molecule has 0 bridgehead atoms. The number of esters is 1. The Morgan fingerprint density at radius 1 is 1.17 bits per heavy atom. The quantitative estimate of drug-likeness (QED) is 0.823. The first-order valence-corrected chi connectivity index (χ1v) is 7.62. The van der Waals surface area contributed by atoms with Gasteiger partial charge in [-0.25, -0.2) is 9.48 Å². The maximum Gasteiger partial charge on any atom is 0.342 e. The predicted octanol–water partition coefficient (Wildman–Crippen LogP) is 2.66. The Morgan fingerprint density at radius 2 is 1.88 bits per heavy atom. The van der Waals surface area contributed by atoms with Gasteiger partial charge >= 0.3 is 5.97 Å². The van der Waals surface area contributed by atoms with Crippen molar-refractivity contribution in [3.8, 4) is 5.75 Å². The van der Waals surface area contributed by atoms with Crippen molar-refractivity contribution in [2.75, 3.05) is 12.4 Å². The summed E-state index contributed by atoms with van der Waals surface area (Å²) in [5.41, 5.74) is 0.270. The number of nitrogens with zero attached hydrogens (tertiary/aromatic N) is 2. The molecule has 1 heterocycles. The highest BCUT2D eigenvalue weighted by Crippen LogP contribution is 2.19. The van der Waals surface area contributed by atoms with Gasteiger partial charge in [0.2, 0.25) is 0 Å². The van der Waals surface area contributed by atoms with E-state index in [1.54, 1.807) is 41.2 Å². The Kier molecular flexibility index (Phi) is 5.57. The normalized spacial score (nSPS) is 11.9. The largest absolute Gasteiger partial charge is 0.496 e. The second-order valence-corrected chi connectivity index (χ2v) is 5.49. The Bertz CT molecular complexity index is 724.